The van der Waals surface area contributed by atoms with Crippen molar-refractivity contribution in [3.63, 3.8) is 0 Å². The Bertz CT molecular complexity index is 593. The highest BCUT2D eigenvalue weighted by Gasteiger charge is 2.14. The van der Waals surface area contributed by atoms with Crippen LogP contribution in [0.5, 0.6) is 11.5 Å². The van der Waals surface area contributed by atoms with Gasteiger partial charge in [0, 0.05) is 17.4 Å². The van der Waals surface area contributed by atoms with E-state index in [0.29, 0.717) is 17.9 Å². The Morgan fingerprint density at radius 2 is 1.94 bits per heavy atom. The fourth-order valence-corrected chi connectivity index (χ4v) is 2.03. The SMILES string of the molecule is COc1cnc2cccc(OC)c2c1CC(C)=O. The molecule has 0 fully saturated rings. The summed E-state index contributed by atoms with van der Waals surface area (Å²) in [5.74, 6) is 1.39. The van der Waals surface area contributed by atoms with Crippen LogP contribution >= 0.6 is 0 Å². The summed E-state index contributed by atoms with van der Waals surface area (Å²) in [5, 5.41) is 0.842. The van der Waals surface area contributed by atoms with E-state index in [1.807, 2.05) is 18.2 Å². The van der Waals surface area contributed by atoms with Gasteiger partial charge in [0.1, 0.15) is 17.3 Å². The molecule has 94 valence electrons. The quantitative estimate of drug-likeness (QED) is 0.829. The minimum absolute atomic E-state index is 0.0757. The van der Waals surface area contributed by atoms with Crippen LogP contribution in [0.4, 0.5) is 0 Å². The fourth-order valence-electron chi connectivity index (χ4n) is 2.03. The van der Waals surface area contributed by atoms with E-state index in [-0.39, 0.29) is 5.78 Å². The van der Waals surface area contributed by atoms with Crippen molar-refractivity contribution in [1.82, 2.24) is 4.98 Å². The van der Waals surface area contributed by atoms with E-state index in [1.165, 1.54) is 0 Å². The summed E-state index contributed by atoms with van der Waals surface area (Å²) in [6.07, 6.45) is 1.95. The van der Waals surface area contributed by atoms with Crippen LogP contribution in [0.2, 0.25) is 0 Å². The standard InChI is InChI=1S/C14H15NO3/c1-9(16)7-10-13(18-3)8-15-11-5-4-6-12(17-2)14(10)11/h4-6,8H,7H2,1-3H3. The largest absolute Gasteiger partial charge is 0.496 e. The van der Waals surface area contributed by atoms with Gasteiger partial charge in [0.25, 0.3) is 0 Å². The number of fused-ring (bicyclic) bond motifs is 1. The number of pyridine rings is 1. The highest BCUT2D eigenvalue weighted by atomic mass is 16.5. The summed E-state index contributed by atoms with van der Waals surface area (Å²) in [6.45, 7) is 1.56. The van der Waals surface area contributed by atoms with E-state index in [4.69, 9.17) is 9.47 Å². The zero-order valence-electron chi connectivity index (χ0n) is 10.7. The predicted octanol–water partition coefficient (Wildman–Crippen LogP) is 2.38. The number of aromatic nitrogens is 1. The van der Waals surface area contributed by atoms with Crippen molar-refractivity contribution >= 4 is 16.7 Å². The summed E-state index contributed by atoms with van der Waals surface area (Å²) in [5.41, 5.74) is 1.62. The van der Waals surface area contributed by atoms with Crippen molar-refractivity contribution in [1.29, 1.82) is 0 Å². The molecule has 2 rings (SSSR count). The number of carbonyl (C=O) groups excluding carboxylic acids is 1. The lowest BCUT2D eigenvalue weighted by Crippen LogP contribution is -2.02. The lowest BCUT2D eigenvalue weighted by molar-refractivity contribution is -0.116. The normalized spacial score (nSPS) is 10.4. The Morgan fingerprint density at radius 1 is 1.22 bits per heavy atom. The molecule has 0 amide bonds. The zero-order valence-corrected chi connectivity index (χ0v) is 10.7. The number of hydrogen-bond donors (Lipinski definition) is 0. The first-order valence-electron chi connectivity index (χ1n) is 5.65. The van der Waals surface area contributed by atoms with E-state index < -0.39 is 0 Å². The first-order valence-corrected chi connectivity index (χ1v) is 5.65. The summed E-state index contributed by atoms with van der Waals surface area (Å²) in [7, 11) is 3.17. The molecule has 0 saturated carbocycles. The van der Waals surface area contributed by atoms with Crippen molar-refractivity contribution in [3.8, 4) is 11.5 Å². The molecule has 0 aliphatic rings. The molecule has 0 spiro atoms. The van der Waals surface area contributed by atoms with Crippen LogP contribution in [0.25, 0.3) is 10.9 Å². The van der Waals surface area contributed by atoms with Gasteiger partial charge in [-0.3, -0.25) is 9.78 Å². The number of rotatable bonds is 4. The maximum atomic E-state index is 11.4. The number of nitrogens with zero attached hydrogens (tertiary/aromatic N) is 1. The molecular weight excluding hydrogens is 230 g/mol. The number of ketones is 1. The molecule has 1 aromatic carbocycles. The van der Waals surface area contributed by atoms with Gasteiger partial charge < -0.3 is 9.47 Å². The number of benzene rings is 1. The predicted molar refractivity (Wildman–Crippen MR) is 69.2 cm³/mol. The van der Waals surface area contributed by atoms with Gasteiger partial charge in [-0.25, -0.2) is 0 Å². The van der Waals surface area contributed by atoms with Crippen LogP contribution in [0, 0.1) is 0 Å². The average Bonchev–Trinajstić information content (AvgIpc) is 2.37. The second kappa shape index (κ2) is 5.04. The Labute approximate surface area is 106 Å². The van der Waals surface area contributed by atoms with Crippen LogP contribution in [-0.4, -0.2) is 25.0 Å². The van der Waals surface area contributed by atoms with E-state index in [2.05, 4.69) is 4.98 Å². The van der Waals surface area contributed by atoms with Crippen LogP contribution in [0.1, 0.15) is 12.5 Å². The third kappa shape index (κ3) is 2.14. The highest BCUT2D eigenvalue weighted by molar-refractivity contribution is 5.93. The molecule has 1 heterocycles. The molecular formula is C14H15NO3. The highest BCUT2D eigenvalue weighted by Crippen LogP contribution is 2.33. The lowest BCUT2D eigenvalue weighted by atomic mass is 10.0. The minimum Gasteiger partial charge on any atom is -0.496 e. The molecule has 4 nitrogen and oxygen atoms in total. The zero-order chi connectivity index (χ0) is 13.1. The van der Waals surface area contributed by atoms with Crippen LogP contribution in [0.3, 0.4) is 0 Å². The van der Waals surface area contributed by atoms with E-state index in [9.17, 15) is 4.79 Å². The van der Waals surface area contributed by atoms with Crippen LogP contribution in [0.15, 0.2) is 24.4 Å². The Kier molecular flexibility index (Phi) is 3.46. The van der Waals surface area contributed by atoms with Gasteiger partial charge in [-0.05, 0) is 19.1 Å². The molecule has 0 N–H and O–H groups in total. The first kappa shape index (κ1) is 12.4. The van der Waals surface area contributed by atoms with Crippen molar-refractivity contribution in [2.75, 3.05) is 14.2 Å². The molecule has 0 saturated heterocycles. The maximum absolute atomic E-state index is 11.4. The Balaban J connectivity index is 2.77. The molecule has 18 heavy (non-hydrogen) atoms. The van der Waals surface area contributed by atoms with Gasteiger partial charge in [0.15, 0.2) is 0 Å². The number of hydrogen-bond acceptors (Lipinski definition) is 4. The van der Waals surface area contributed by atoms with Crippen molar-refractivity contribution in [3.05, 3.63) is 30.0 Å². The van der Waals surface area contributed by atoms with Crippen molar-refractivity contribution < 1.29 is 14.3 Å². The van der Waals surface area contributed by atoms with Crippen molar-refractivity contribution in [2.24, 2.45) is 0 Å². The lowest BCUT2D eigenvalue weighted by Gasteiger charge is -2.12. The summed E-state index contributed by atoms with van der Waals surface area (Å²) < 4.78 is 10.6. The van der Waals surface area contributed by atoms with Crippen LogP contribution < -0.4 is 9.47 Å². The molecule has 0 bridgehead atoms. The molecule has 1 aromatic heterocycles. The van der Waals surface area contributed by atoms with Gasteiger partial charge in [0.05, 0.1) is 25.9 Å². The molecule has 4 heteroatoms. The number of methoxy groups -OCH3 is 2. The molecule has 2 aromatic rings. The van der Waals surface area contributed by atoms with Gasteiger partial charge in [0.2, 0.25) is 0 Å². The van der Waals surface area contributed by atoms with E-state index in [1.54, 1.807) is 27.3 Å². The van der Waals surface area contributed by atoms with Crippen LogP contribution in [-0.2, 0) is 11.2 Å². The third-order valence-corrected chi connectivity index (χ3v) is 2.79. The van der Waals surface area contributed by atoms with Crippen molar-refractivity contribution in [2.45, 2.75) is 13.3 Å². The number of carbonyl (C=O) groups is 1. The topological polar surface area (TPSA) is 48.4 Å². The molecule has 0 aliphatic heterocycles. The van der Waals surface area contributed by atoms with Gasteiger partial charge in [-0.15, -0.1) is 0 Å². The second-order valence-corrected chi connectivity index (χ2v) is 4.04. The monoisotopic (exact) mass is 245 g/mol. The Morgan fingerprint density at radius 3 is 2.56 bits per heavy atom. The summed E-state index contributed by atoms with van der Waals surface area (Å²) in [6, 6.07) is 5.62. The summed E-state index contributed by atoms with van der Waals surface area (Å²) >= 11 is 0. The molecule has 0 unspecified atom stereocenters. The fraction of sp³-hybridized carbons (Fsp3) is 0.286. The Hall–Kier alpha value is -2.10. The smallest absolute Gasteiger partial charge is 0.141 e. The van der Waals surface area contributed by atoms with E-state index in [0.717, 1.165) is 16.5 Å². The number of ether oxygens (including phenoxy) is 2. The molecule has 0 radical (unpaired) electrons. The van der Waals surface area contributed by atoms with E-state index >= 15 is 0 Å². The molecule has 0 aliphatic carbocycles. The third-order valence-electron chi connectivity index (χ3n) is 2.79. The average molecular weight is 245 g/mol. The number of Topliss-reactive ketones (excluding diaryl/α,β-unsaturated/α-hetero) is 1. The second-order valence-electron chi connectivity index (χ2n) is 4.04. The van der Waals surface area contributed by atoms with Gasteiger partial charge >= 0.3 is 0 Å². The van der Waals surface area contributed by atoms with Gasteiger partial charge in [-0.1, -0.05) is 6.07 Å². The molecule has 0 atom stereocenters. The van der Waals surface area contributed by atoms with Gasteiger partial charge in [-0.2, -0.15) is 0 Å². The maximum Gasteiger partial charge on any atom is 0.141 e. The summed E-state index contributed by atoms with van der Waals surface area (Å²) in [4.78, 5) is 15.7. The first-order chi connectivity index (χ1) is 8.67. The minimum atomic E-state index is 0.0757.